The normalized spacial score (nSPS) is 11.2. The number of hydrogen-bond acceptors (Lipinski definition) is 2. The third-order valence-electron chi connectivity index (χ3n) is 3.54. The predicted molar refractivity (Wildman–Crippen MR) is 112 cm³/mol. The van der Waals surface area contributed by atoms with Gasteiger partial charge in [-0.1, -0.05) is 50.3 Å². The number of halogens is 1. The maximum Gasteiger partial charge on any atom is 0.243 e. The van der Waals surface area contributed by atoms with Gasteiger partial charge < -0.3 is 15.5 Å². The SMILES string of the molecule is C=CCNC(=NCC(=O)N(C)C)NCC(C)(C)c1ccccc1.I. The molecule has 0 saturated heterocycles. The Kier molecular flexibility index (Phi) is 10.3. The van der Waals surface area contributed by atoms with Crippen LogP contribution in [-0.2, 0) is 10.2 Å². The van der Waals surface area contributed by atoms with E-state index in [1.807, 2.05) is 18.2 Å². The van der Waals surface area contributed by atoms with Crippen molar-refractivity contribution in [2.45, 2.75) is 19.3 Å². The predicted octanol–water partition coefficient (Wildman–Crippen LogP) is 2.39. The van der Waals surface area contributed by atoms with Crippen LogP contribution in [0.25, 0.3) is 0 Å². The molecule has 6 heteroatoms. The molecule has 0 spiro atoms. The first-order valence-corrected chi connectivity index (χ1v) is 7.75. The van der Waals surface area contributed by atoms with Crippen LogP contribution in [0.15, 0.2) is 48.0 Å². The number of benzene rings is 1. The molecule has 0 bridgehead atoms. The van der Waals surface area contributed by atoms with E-state index in [1.165, 1.54) is 10.5 Å². The van der Waals surface area contributed by atoms with Gasteiger partial charge in [0.25, 0.3) is 0 Å². The quantitative estimate of drug-likeness (QED) is 0.294. The van der Waals surface area contributed by atoms with Crippen LogP contribution in [0.2, 0.25) is 0 Å². The van der Waals surface area contributed by atoms with Crippen molar-refractivity contribution in [3.8, 4) is 0 Å². The summed E-state index contributed by atoms with van der Waals surface area (Å²) < 4.78 is 0. The molecule has 0 aromatic heterocycles. The van der Waals surface area contributed by atoms with E-state index in [9.17, 15) is 4.79 Å². The van der Waals surface area contributed by atoms with Crippen molar-refractivity contribution in [3.05, 3.63) is 48.6 Å². The van der Waals surface area contributed by atoms with Gasteiger partial charge in [-0.3, -0.25) is 4.79 Å². The van der Waals surface area contributed by atoms with Crippen LogP contribution in [0, 0.1) is 0 Å². The van der Waals surface area contributed by atoms with Crippen LogP contribution < -0.4 is 10.6 Å². The van der Waals surface area contributed by atoms with E-state index in [4.69, 9.17) is 0 Å². The van der Waals surface area contributed by atoms with Crippen LogP contribution in [-0.4, -0.2) is 50.5 Å². The molecule has 0 aliphatic rings. The summed E-state index contributed by atoms with van der Waals surface area (Å²) in [6, 6.07) is 10.3. The van der Waals surface area contributed by atoms with Gasteiger partial charge in [0.15, 0.2) is 5.96 Å². The summed E-state index contributed by atoms with van der Waals surface area (Å²) in [5, 5.41) is 6.45. The van der Waals surface area contributed by atoms with Crippen molar-refractivity contribution in [2.75, 3.05) is 33.7 Å². The fourth-order valence-electron chi connectivity index (χ4n) is 1.93. The third kappa shape index (κ3) is 7.81. The Morgan fingerprint density at radius 2 is 1.88 bits per heavy atom. The minimum Gasteiger partial charge on any atom is -0.356 e. The van der Waals surface area contributed by atoms with Crippen molar-refractivity contribution in [1.82, 2.24) is 15.5 Å². The first-order valence-electron chi connectivity index (χ1n) is 7.75. The van der Waals surface area contributed by atoms with Crippen LogP contribution in [0.4, 0.5) is 0 Å². The highest BCUT2D eigenvalue weighted by atomic mass is 127. The molecule has 1 aromatic carbocycles. The lowest BCUT2D eigenvalue weighted by Crippen LogP contribution is -2.44. The number of carbonyl (C=O) groups is 1. The molecule has 0 heterocycles. The van der Waals surface area contributed by atoms with Gasteiger partial charge >= 0.3 is 0 Å². The molecule has 1 aromatic rings. The molecule has 0 saturated carbocycles. The number of guanidine groups is 1. The molecule has 134 valence electrons. The van der Waals surface area contributed by atoms with Gasteiger partial charge in [-0.2, -0.15) is 0 Å². The second-order valence-corrected chi connectivity index (χ2v) is 6.23. The number of rotatable bonds is 7. The standard InChI is InChI=1S/C18H28N4O.HI/c1-6-12-19-17(20-13-16(23)22(4)5)21-14-18(2,3)15-10-8-7-9-11-15;/h6-11H,1,12-14H2,2-5H3,(H2,19,20,21);1H. The molecular weight excluding hydrogens is 415 g/mol. The van der Waals surface area contributed by atoms with Crippen LogP contribution in [0.5, 0.6) is 0 Å². The second-order valence-electron chi connectivity index (χ2n) is 6.23. The molecule has 24 heavy (non-hydrogen) atoms. The summed E-state index contributed by atoms with van der Waals surface area (Å²) in [5.41, 5.74) is 1.20. The minimum atomic E-state index is -0.0521. The lowest BCUT2D eigenvalue weighted by molar-refractivity contribution is -0.127. The van der Waals surface area contributed by atoms with Crippen molar-refractivity contribution < 1.29 is 4.79 Å². The summed E-state index contributed by atoms with van der Waals surface area (Å²) >= 11 is 0. The monoisotopic (exact) mass is 444 g/mol. The van der Waals surface area contributed by atoms with E-state index in [-0.39, 0.29) is 41.8 Å². The van der Waals surface area contributed by atoms with Crippen LogP contribution >= 0.6 is 24.0 Å². The third-order valence-corrected chi connectivity index (χ3v) is 3.54. The number of carbonyl (C=O) groups excluding carboxylic acids is 1. The van der Waals surface area contributed by atoms with Crippen LogP contribution in [0.1, 0.15) is 19.4 Å². The van der Waals surface area contributed by atoms with E-state index in [1.54, 1.807) is 20.2 Å². The van der Waals surface area contributed by atoms with Crippen LogP contribution in [0.3, 0.4) is 0 Å². The highest BCUT2D eigenvalue weighted by Crippen LogP contribution is 2.21. The summed E-state index contributed by atoms with van der Waals surface area (Å²) in [7, 11) is 3.45. The molecule has 1 amide bonds. The topological polar surface area (TPSA) is 56.7 Å². The van der Waals surface area contributed by atoms with Crippen molar-refractivity contribution in [3.63, 3.8) is 0 Å². The van der Waals surface area contributed by atoms with Gasteiger partial charge in [0, 0.05) is 32.6 Å². The summed E-state index contributed by atoms with van der Waals surface area (Å²) in [6.07, 6.45) is 1.76. The molecule has 0 unspecified atom stereocenters. The Morgan fingerprint density at radius 3 is 2.42 bits per heavy atom. The van der Waals surface area contributed by atoms with Gasteiger partial charge in [0.2, 0.25) is 5.91 Å². The van der Waals surface area contributed by atoms with Crippen molar-refractivity contribution in [2.24, 2.45) is 4.99 Å². The number of nitrogens with zero attached hydrogens (tertiary/aromatic N) is 2. The molecular formula is C18H29IN4O. The number of hydrogen-bond donors (Lipinski definition) is 2. The molecule has 5 nitrogen and oxygen atoms in total. The minimum absolute atomic E-state index is 0. The molecule has 1 rings (SSSR count). The maximum absolute atomic E-state index is 11.7. The fraction of sp³-hybridized carbons (Fsp3) is 0.444. The highest BCUT2D eigenvalue weighted by Gasteiger charge is 2.20. The number of likely N-dealkylation sites (N-methyl/N-ethyl adjacent to an activating group) is 1. The van der Waals surface area contributed by atoms with Gasteiger partial charge in [0.1, 0.15) is 6.54 Å². The molecule has 0 fully saturated rings. The fourth-order valence-corrected chi connectivity index (χ4v) is 1.93. The summed E-state index contributed by atoms with van der Waals surface area (Å²) in [4.78, 5) is 17.6. The van der Waals surface area contributed by atoms with Gasteiger partial charge in [-0.25, -0.2) is 4.99 Å². The first-order chi connectivity index (χ1) is 10.9. The zero-order valence-electron chi connectivity index (χ0n) is 15.0. The van der Waals surface area contributed by atoms with Crippen molar-refractivity contribution in [1.29, 1.82) is 0 Å². The average Bonchev–Trinajstić information content (AvgIpc) is 2.54. The molecule has 2 N–H and O–H groups in total. The summed E-state index contributed by atoms with van der Waals surface area (Å²) in [5.74, 6) is 0.580. The largest absolute Gasteiger partial charge is 0.356 e. The van der Waals surface area contributed by atoms with Gasteiger partial charge in [-0.05, 0) is 5.56 Å². The smallest absolute Gasteiger partial charge is 0.243 e. The Bertz CT molecular complexity index is 541. The Balaban J connectivity index is 0.00000529. The van der Waals surface area contributed by atoms with Gasteiger partial charge in [-0.15, -0.1) is 30.6 Å². The number of nitrogens with one attached hydrogen (secondary N) is 2. The Hall–Kier alpha value is -1.57. The number of amides is 1. The van der Waals surface area contributed by atoms with E-state index in [2.05, 4.69) is 48.2 Å². The first kappa shape index (κ1) is 22.4. The van der Waals surface area contributed by atoms with E-state index >= 15 is 0 Å². The van der Waals surface area contributed by atoms with Gasteiger partial charge in [0.05, 0.1) is 0 Å². The highest BCUT2D eigenvalue weighted by molar-refractivity contribution is 14.0. The Morgan fingerprint density at radius 1 is 1.25 bits per heavy atom. The lowest BCUT2D eigenvalue weighted by atomic mass is 9.85. The second kappa shape index (κ2) is 11.1. The van der Waals surface area contributed by atoms with E-state index in [0.29, 0.717) is 19.0 Å². The number of aliphatic imine (C=N–C) groups is 1. The molecule has 0 aliphatic carbocycles. The van der Waals surface area contributed by atoms with E-state index in [0.717, 1.165) is 0 Å². The average molecular weight is 444 g/mol. The zero-order valence-corrected chi connectivity index (χ0v) is 17.3. The van der Waals surface area contributed by atoms with Crippen molar-refractivity contribution >= 4 is 35.8 Å². The molecule has 0 atom stereocenters. The maximum atomic E-state index is 11.7. The Labute approximate surface area is 162 Å². The zero-order chi connectivity index (χ0) is 17.3. The van der Waals surface area contributed by atoms with E-state index < -0.39 is 0 Å². The summed E-state index contributed by atoms with van der Waals surface area (Å²) in [6.45, 7) is 9.45. The molecule has 0 aliphatic heterocycles. The molecule has 0 radical (unpaired) electrons. The lowest BCUT2D eigenvalue weighted by Gasteiger charge is -2.26.